The number of fused-ring (bicyclic) bond motifs is 2. The van der Waals surface area contributed by atoms with Crippen LogP contribution in [-0.2, 0) is 16.6 Å². The van der Waals surface area contributed by atoms with Crippen LogP contribution in [0, 0.1) is 0 Å². The van der Waals surface area contributed by atoms with Crippen molar-refractivity contribution in [3.63, 3.8) is 0 Å². The highest BCUT2D eigenvalue weighted by atomic mass is 16.5. The average Bonchev–Trinajstić information content (AvgIpc) is 3.09. The molecule has 9 heteroatoms. The van der Waals surface area contributed by atoms with Crippen LogP contribution in [0.4, 0.5) is 5.95 Å². The number of piperidine rings is 1. The standard InChI is InChI=1S/C20H24N6O3/c1-25(2)19-23-9-13-5-7-20(16(13)24-19)6-4-8-26(12-20)17(27)14-10-22-15(11-21-14)18(28)29-3/h9-11H,4-8,12H2,1-3H3. The minimum absolute atomic E-state index is 0.0804. The second-order valence-corrected chi connectivity index (χ2v) is 7.83. The first-order chi connectivity index (χ1) is 13.9. The van der Waals surface area contributed by atoms with Crippen LogP contribution in [0.5, 0.6) is 0 Å². The van der Waals surface area contributed by atoms with E-state index >= 15 is 0 Å². The first-order valence-corrected chi connectivity index (χ1v) is 9.67. The normalized spacial score (nSPS) is 20.4. The fourth-order valence-electron chi connectivity index (χ4n) is 4.26. The molecule has 0 saturated carbocycles. The lowest BCUT2D eigenvalue weighted by atomic mass is 9.77. The first kappa shape index (κ1) is 19.2. The Morgan fingerprint density at radius 3 is 2.55 bits per heavy atom. The Hall–Kier alpha value is -3.10. The summed E-state index contributed by atoms with van der Waals surface area (Å²) in [6, 6.07) is 0. The highest BCUT2D eigenvalue weighted by Gasteiger charge is 2.45. The van der Waals surface area contributed by atoms with E-state index in [1.54, 1.807) is 0 Å². The van der Waals surface area contributed by atoms with Crippen LogP contribution in [0.1, 0.15) is 51.5 Å². The van der Waals surface area contributed by atoms with Crippen LogP contribution < -0.4 is 4.90 Å². The molecule has 1 atom stereocenters. The Morgan fingerprint density at radius 1 is 1.10 bits per heavy atom. The fraction of sp³-hybridized carbons (Fsp3) is 0.500. The highest BCUT2D eigenvalue weighted by molar-refractivity contribution is 5.93. The lowest BCUT2D eigenvalue weighted by Gasteiger charge is -2.40. The zero-order valence-corrected chi connectivity index (χ0v) is 16.9. The predicted molar refractivity (Wildman–Crippen MR) is 105 cm³/mol. The number of esters is 1. The van der Waals surface area contributed by atoms with E-state index in [-0.39, 0.29) is 22.7 Å². The predicted octanol–water partition coefficient (Wildman–Crippen LogP) is 1.24. The van der Waals surface area contributed by atoms with Crippen molar-refractivity contribution in [2.45, 2.75) is 31.1 Å². The maximum atomic E-state index is 13.0. The van der Waals surface area contributed by atoms with Gasteiger partial charge in [-0.3, -0.25) is 4.79 Å². The number of anilines is 1. The van der Waals surface area contributed by atoms with Gasteiger partial charge in [-0.1, -0.05) is 0 Å². The molecule has 1 aliphatic heterocycles. The second kappa shape index (κ2) is 7.38. The third-order valence-electron chi connectivity index (χ3n) is 5.76. The van der Waals surface area contributed by atoms with Gasteiger partial charge in [-0.25, -0.2) is 24.7 Å². The van der Waals surface area contributed by atoms with Crippen LogP contribution in [0.3, 0.4) is 0 Å². The van der Waals surface area contributed by atoms with E-state index in [0.29, 0.717) is 19.0 Å². The van der Waals surface area contributed by atoms with Gasteiger partial charge in [0.05, 0.1) is 25.2 Å². The van der Waals surface area contributed by atoms with Crippen molar-refractivity contribution in [1.29, 1.82) is 0 Å². The summed E-state index contributed by atoms with van der Waals surface area (Å²) >= 11 is 0. The number of likely N-dealkylation sites (tertiary alicyclic amines) is 1. The smallest absolute Gasteiger partial charge is 0.358 e. The van der Waals surface area contributed by atoms with Crippen LogP contribution in [0.25, 0.3) is 0 Å². The van der Waals surface area contributed by atoms with Gasteiger partial charge in [0.15, 0.2) is 5.69 Å². The molecular weight excluding hydrogens is 372 g/mol. The van der Waals surface area contributed by atoms with E-state index in [1.807, 2.05) is 30.1 Å². The Labute approximate surface area is 169 Å². The molecule has 1 unspecified atom stereocenters. The van der Waals surface area contributed by atoms with E-state index in [1.165, 1.54) is 25.1 Å². The zero-order chi connectivity index (χ0) is 20.6. The molecule has 1 fully saturated rings. The molecule has 0 aromatic carbocycles. The van der Waals surface area contributed by atoms with E-state index in [9.17, 15) is 9.59 Å². The Bertz CT molecular complexity index is 942. The lowest BCUT2D eigenvalue weighted by Crippen LogP contribution is -2.48. The van der Waals surface area contributed by atoms with Gasteiger partial charge in [0, 0.05) is 38.8 Å². The number of aryl methyl sites for hydroxylation is 1. The molecule has 3 heterocycles. The third-order valence-corrected chi connectivity index (χ3v) is 5.76. The fourth-order valence-corrected chi connectivity index (χ4v) is 4.26. The molecule has 2 aliphatic rings. The quantitative estimate of drug-likeness (QED) is 0.714. The van der Waals surface area contributed by atoms with Crippen molar-refractivity contribution < 1.29 is 14.3 Å². The summed E-state index contributed by atoms with van der Waals surface area (Å²) in [5, 5.41) is 0. The number of carbonyl (C=O) groups excluding carboxylic acids is 2. The summed E-state index contributed by atoms with van der Waals surface area (Å²) in [5.41, 5.74) is 2.41. The summed E-state index contributed by atoms with van der Waals surface area (Å²) in [6.07, 6.45) is 8.33. The minimum Gasteiger partial charge on any atom is -0.464 e. The van der Waals surface area contributed by atoms with E-state index in [4.69, 9.17) is 4.98 Å². The van der Waals surface area contributed by atoms with Gasteiger partial charge in [-0.15, -0.1) is 0 Å². The number of rotatable bonds is 3. The van der Waals surface area contributed by atoms with Crippen molar-refractivity contribution in [3.05, 3.63) is 41.2 Å². The number of ether oxygens (including phenoxy) is 1. The molecule has 4 rings (SSSR count). The maximum absolute atomic E-state index is 13.0. The average molecular weight is 396 g/mol. The summed E-state index contributed by atoms with van der Waals surface area (Å²) in [7, 11) is 5.13. The number of hydrogen-bond acceptors (Lipinski definition) is 8. The molecule has 0 radical (unpaired) electrons. The van der Waals surface area contributed by atoms with Crippen molar-refractivity contribution in [1.82, 2.24) is 24.8 Å². The minimum atomic E-state index is -0.577. The van der Waals surface area contributed by atoms with Gasteiger partial charge in [0.25, 0.3) is 5.91 Å². The number of amides is 1. The molecular formula is C20H24N6O3. The molecule has 9 nitrogen and oxygen atoms in total. The third kappa shape index (κ3) is 3.41. The monoisotopic (exact) mass is 396 g/mol. The van der Waals surface area contributed by atoms with Crippen LogP contribution >= 0.6 is 0 Å². The number of nitrogens with zero attached hydrogens (tertiary/aromatic N) is 6. The molecule has 152 valence electrons. The molecule has 1 saturated heterocycles. The van der Waals surface area contributed by atoms with Gasteiger partial charge < -0.3 is 14.5 Å². The summed E-state index contributed by atoms with van der Waals surface area (Å²) < 4.78 is 4.62. The number of methoxy groups -OCH3 is 1. The van der Waals surface area contributed by atoms with Gasteiger partial charge in [0.1, 0.15) is 5.69 Å². The van der Waals surface area contributed by atoms with E-state index in [0.717, 1.165) is 31.4 Å². The van der Waals surface area contributed by atoms with Crippen molar-refractivity contribution in [2.75, 3.05) is 39.2 Å². The molecule has 29 heavy (non-hydrogen) atoms. The van der Waals surface area contributed by atoms with Gasteiger partial charge >= 0.3 is 5.97 Å². The zero-order valence-electron chi connectivity index (χ0n) is 16.9. The number of aromatic nitrogens is 4. The van der Waals surface area contributed by atoms with Crippen molar-refractivity contribution >= 4 is 17.8 Å². The number of hydrogen-bond donors (Lipinski definition) is 0. The van der Waals surface area contributed by atoms with Crippen LogP contribution in [0.15, 0.2) is 18.6 Å². The Kier molecular flexibility index (Phi) is 4.89. The lowest BCUT2D eigenvalue weighted by molar-refractivity contribution is 0.0587. The van der Waals surface area contributed by atoms with E-state index < -0.39 is 5.97 Å². The van der Waals surface area contributed by atoms with Gasteiger partial charge in [-0.05, 0) is 31.2 Å². The van der Waals surface area contributed by atoms with Crippen LogP contribution in [-0.4, -0.2) is 71.0 Å². The van der Waals surface area contributed by atoms with Gasteiger partial charge in [-0.2, -0.15) is 0 Å². The Morgan fingerprint density at radius 2 is 1.86 bits per heavy atom. The Balaban J connectivity index is 1.57. The highest BCUT2D eigenvalue weighted by Crippen LogP contribution is 2.44. The summed E-state index contributed by atoms with van der Waals surface area (Å²) in [5.74, 6) is -0.0616. The molecule has 0 N–H and O–H groups in total. The molecule has 1 aliphatic carbocycles. The molecule has 2 aromatic rings. The van der Waals surface area contributed by atoms with Crippen molar-refractivity contribution in [2.24, 2.45) is 0 Å². The second-order valence-electron chi connectivity index (χ2n) is 7.83. The van der Waals surface area contributed by atoms with Crippen LogP contribution in [0.2, 0.25) is 0 Å². The molecule has 1 spiro atoms. The molecule has 1 amide bonds. The summed E-state index contributed by atoms with van der Waals surface area (Å²) in [4.78, 5) is 45.7. The topological polar surface area (TPSA) is 101 Å². The molecule has 0 bridgehead atoms. The van der Waals surface area contributed by atoms with Crippen molar-refractivity contribution in [3.8, 4) is 0 Å². The maximum Gasteiger partial charge on any atom is 0.358 e. The first-order valence-electron chi connectivity index (χ1n) is 9.67. The summed E-state index contributed by atoms with van der Waals surface area (Å²) in [6.45, 7) is 1.27. The number of carbonyl (C=O) groups is 2. The van der Waals surface area contributed by atoms with Gasteiger partial charge in [0.2, 0.25) is 5.95 Å². The molecule has 2 aromatic heterocycles. The largest absolute Gasteiger partial charge is 0.464 e. The van der Waals surface area contributed by atoms with E-state index in [2.05, 4.69) is 19.7 Å². The SMILES string of the molecule is COC(=O)c1cnc(C(=O)N2CCCC3(CCc4cnc(N(C)C)nc43)C2)cn1.